The molecule has 0 saturated carbocycles. The lowest BCUT2D eigenvalue weighted by molar-refractivity contribution is -0.646. The number of fused-ring (bicyclic) bond motifs is 1. The number of imidazole rings is 1. The molecule has 0 bridgehead atoms. The molecule has 0 aliphatic carbocycles. The fourth-order valence-corrected chi connectivity index (χ4v) is 9.30. The smallest absolute Gasteiger partial charge is 0.478 e. The first-order valence-electron chi connectivity index (χ1n) is 12.6. The van der Waals surface area contributed by atoms with E-state index >= 15 is 0 Å². The average Bonchev–Trinajstić information content (AvgIpc) is 3.47. The summed E-state index contributed by atoms with van der Waals surface area (Å²) in [5.41, 5.74) is 5.74. The predicted octanol–water partition coefficient (Wildman–Crippen LogP) is -3.90. The van der Waals surface area contributed by atoms with E-state index in [4.69, 9.17) is 19.7 Å². The van der Waals surface area contributed by atoms with Crippen molar-refractivity contribution in [3.63, 3.8) is 0 Å². The molecule has 9 N–H and O–H groups in total. The number of nitrogens with two attached hydrogens (primary N) is 1. The van der Waals surface area contributed by atoms with Gasteiger partial charge in [-0.2, -0.15) is 14.5 Å². The molecule has 26 heteroatoms. The number of phosphoric acid groups is 2. The fourth-order valence-electron chi connectivity index (χ4n) is 4.42. The Morgan fingerprint density at radius 2 is 1.53 bits per heavy atom. The third-order valence-corrected chi connectivity index (χ3v) is 12.0. The highest BCUT2D eigenvalue weighted by Crippen LogP contribution is 2.69. The summed E-state index contributed by atoms with van der Waals surface area (Å²) in [7, 11) is -12.5. The Balaban J connectivity index is 1.38. The van der Waals surface area contributed by atoms with Crippen LogP contribution in [-0.4, -0.2) is 121 Å². The molecule has 240 valence electrons. The van der Waals surface area contributed by atoms with E-state index in [1.807, 2.05) is 0 Å². The number of aromatic nitrogens is 4. The van der Waals surface area contributed by atoms with Crippen LogP contribution in [0.4, 0.5) is 5.95 Å². The zero-order chi connectivity index (χ0) is 32.1. The number of hydrogen-bond donors (Lipinski definition) is 8. The van der Waals surface area contributed by atoms with Crippen LogP contribution in [0.2, 0.25) is 6.82 Å². The van der Waals surface area contributed by atoms with Gasteiger partial charge in [-0.3, -0.25) is 13.6 Å². The molecule has 11 atom stereocenters. The highest BCUT2D eigenvalue weighted by molar-refractivity contribution is 7.89. The second-order valence-corrected chi connectivity index (χ2v) is 15.3. The molecular weight excluding hydrogens is 645 g/mol. The summed E-state index contributed by atoms with van der Waals surface area (Å²) in [4.78, 5) is 27.8. The van der Waals surface area contributed by atoms with Crippen molar-refractivity contribution in [1.82, 2.24) is 14.5 Å². The first-order valence-corrected chi connectivity index (χ1v) is 17.3. The molecule has 43 heavy (non-hydrogen) atoms. The van der Waals surface area contributed by atoms with Gasteiger partial charge in [0, 0.05) is 0 Å². The third kappa shape index (κ3) is 7.49. The Kier molecular flexibility index (Phi) is 10.2. The van der Waals surface area contributed by atoms with E-state index in [-0.39, 0.29) is 17.1 Å². The summed E-state index contributed by atoms with van der Waals surface area (Å²) in [5.74, 6) is -0.761. The van der Waals surface area contributed by atoms with Crippen molar-refractivity contribution in [2.24, 2.45) is 7.05 Å². The zero-order valence-corrected chi connectivity index (χ0v) is 25.5. The van der Waals surface area contributed by atoms with Gasteiger partial charge in [0.25, 0.3) is 31.5 Å². The normalized spacial score (nSPS) is 33.7. The monoisotopic (exact) mass is 676 g/mol. The quantitative estimate of drug-likeness (QED) is 0.0605. The van der Waals surface area contributed by atoms with Gasteiger partial charge in [0.15, 0.2) is 0 Å². The Bertz CT molecular complexity index is 1490. The van der Waals surface area contributed by atoms with Crippen molar-refractivity contribution in [2.45, 2.75) is 55.7 Å². The van der Waals surface area contributed by atoms with Crippen LogP contribution in [0.1, 0.15) is 6.23 Å². The molecule has 21 nitrogen and oxygen atoms in total. The van der Waals surface area contributed by atoms with Gasteiger partial charge in [-0.05, 0) is 0 Å². The second kappa shape index (κ2) is 12.7. The molecule has 0 aromatic carbocycles. The Morgan fingerprint density at radius 1 is 1.00 bits per heavy atom. The third-order valence-electron chi connectivity index (χ3n) is 6.62. The van der Waals surface area contributed by atoms with Crippen molar-refractivity contribution in [3.05, 3.63) is 6.33 Å². The van der Waals surface area contributed by atoms with E-state index in [0.29, 0.717) is 0 Å². The van der Waals surface area contributed by atoms with Crippen LogP contribution in [-0.2, 0) is 47.9 Å². The molecule has 0 amide bonds. The Labute approximate surface area is 244 Å². The van der Waals surface area contributed by atoms with Crippen LogP contribution in [0.25, 0.3) is 11.2 Å². The van der Waals surface area contributed by atoms with E-state index in [1.165, 1.54) is 30.4 Å². The first-order chi connectivity index (χ1) is 19.9. The summed E-state index contributed by atoms with van der Waals surface area (Å²) in [6.45, 7) is -1.25. The van der Waals surface area contributed by atoms with E-state index in [1.54, 1.807) is 0 Å². The van der Waals surface area contributed by atoms with E-state index < -0.39 is 98.1 Å². The maximum absolute atomic E-state index is 13.0. The van der Waals surface area contributed by atoms with Crippen LogP contribution >= 0.6 is 23.1 Å². The van der Waals surface area contributed by atoms with Gasteiger partial charge in [-0.15, -0.1) is 0 Å². The van der Waals surface area contributed by atoms with Gasteiger partial charge in [0.1, 0.15) is 44.5 Å². The van der Waals surface area contributed by atoms with Crippen molar-refractivity contribution in [3.8, 4) is 5.88 Å². The molecule has 4 rings (SSSR count). The van der Waals surface area contributed by atoms with Gasteiger partial charge >= 0.3 is 15.6 Å². The SMILES string of the molecule is B[C@@H]1O[C@H](COP(=O)(O)OP(=O)(BC)OP(=O)(O)OC[C@H]2O[C@@H](n3c[n+](C)c4c(O)nc(N)nc43)[C@@H](O)C2O)[C@H](O)C1O. The second-order valence-electron chi connectivity index (χ2n) is 9.74. The predicted molar refractivity (Wildman–Crippen MR) is 144 cm³/mol. The van der Waals surface area contributed by atoms with Crippen LogP contribution < -0.4 is 10.3 Å². The maximum atomic E-state index is 13.0. The van der Waals surface area contributed by atoms with Gasteiger partial charge in [0.05, 0.1) is 26.3 Å². The van der Waals surface area contributed by atoms with Crippen molar-refractivity contribution >= 4 is 55.1 Å². The number of hydrogen-bond acceptors (Lipinski definition) is 17. The lowest BCUT2D eigenvalue weighted by atomic mass is 9.93. The number of rotatable bonds is 12. The summed E-state index contributed by atoms with van der Waals surface area (Å²) >= 11 is 0. The highest BCUT2D eigenvalue weighted by atomic mass is 31.3. The zero-order valence-electron chi connectivity index (χ0n) is 22.8. The molecule has 2 saturated heterocycles. The molecule has 2 aliphatic rings. The number of nitrogens with zero attached hydrogens (tertiary/aromatic N) is 4. The molecule has 5 unspecified atom stereocenters. The number of nitrogen functional groups attached to an aromatic ring is 1. The van der Waals surface area contributed by atoms with Gasteiger partial charge in [-0.25, -0.2) is 22.3 Å². The molecule has 4 heterocycles. The standard InChI is InChI=1S/C17H30B2N5O16P3/c1-19-41(30,39-42(31,32)35-3-6-9(25)11(27)13(18)37-6)40-43(33,34)36-4-7-10(26)12(28)16(38-7)24-5-23(2)8-14(24)21-17(20)22-15(8)29/h5-7,9-13,16,19,25-28H,3-4,18H2,1-2H3,(H4-,20,21,22,29,31,32,33,34)/p+1/t6-,7-,9+,10?,11?,12+,13-,16-,41?/m1/s1. The molecule has 2 aliphatic heterocycles. The number of aromatic hydroxyl groups is 1. The first kappa shape index (κ1) is 34.4. The van der Waals surface area contributed by atoms with E-state index in [0.717, 1.165) is 6.82 Å². The lowest BCUT2D eigenvalue weighted by Crippen LogP contribution is -2.34. The van der Waals surface area contributed by atoms with Crippen molar-refractivity contribution in [2.75, 3.05) is 18.9 Å². The van der Waals surface area contributed by atoms with Gasteiger partial charge in [-0.1, -0.05) is 6.82 Å². The number of aliphatic hydroxyl groups excluding tert-OH is 4. The average molecular weight is 676 g/mol. The minimum absolute atomic E-state index is 0.0258. The van der Waals surface area contributed by atoms with Crippen LogP contribution in [0.3, 0.4) is 0 Å². The topological polar surface area (TPSA) is 309 Å². The van der Waals surface area contributed by atoms with Crippen LogP contribution in [0.15, 0.2) is 6.33 Å². The van der Waals surface area contributed by atoms with Crippen LogP contribution in [0, 0.1) is 0 Å². The van der Waals surface area contributed by atoms with E-state index in [2.05, 4.69) is 23.1 Å². The van der Waals surface area contributed by atoms with Crippen LogP contribution in [0.5, 0.6) is 5.88 Å². The van der Waals surface area contributed by atoms with Gasteiger partial charge < -0.3 is 50.5 Å². The molecule has 0 radical (unpaired) electrons. The van der Waals surface area contributed by atoms with Crippen molar-refractivity contribution in [1.29, 1.82) is 0 Å². The molecule has 0 spiro atoms. The summed E-state index contributed by atoms with van der Waals surface area (Å²) in [6, 6.07) is -0.810. The van der Waals surface area contributed by atoms with E-state index in [9.17, 15) is 49.0 Å². The summed E-state index contributed by atoms with van der Waals surface area (Å²) in [5, 5.41) is 50.8. The van der Waals surface area contributed by atoms with Crippen molar-refractivity contribution < 1.29 is 80.7 Å². The summed E-state index contributed by atoms with van der Waals surface area (Å²) < 4.78 is 69.9. The summed E-state index contributed by atoms with van der Waals surface area (Å²) in [6.07, 6.45) is -8.79. The Hall–Kier alpha value is -1.51. The number of aliphatic hydroxyl groups is 4. The molecule has 2 aromatic heterocycles. The van der Waals surface area contributed by atoms with Gasteiger partial charge in [0.2, 0.25) is 18.5 Å². The molecule has 2 aromatic rings. The maximum Gasteiger partial charge on any atom is 0.478 e. The largest absolute Gasteiger partial charge is 0.490 e. The minimum Gasteiger partial charge on any atom is -0.490 e. The fraction of sp³-hybridized carbons (Fsp3) is 0.706. The number of anilines is 1. The molecule has 2 fully saturated rings. The molecular formula is C17H31B2N5O16P3+. The highest BCUT2D eigenvalue weighted by Gasteiger charge is 2.50. The lowest BCUT2D eigenvalue weighted by Gasteiger charge is -2.23. The number of ether oxygens (including phenoxy) is 2. The minimum atomic E-state index is -5.35. The number of aryl methyl sites for hydroxylation is 1. The number of phosphoric ester groups is 2. The Morgan fingerprint density at radius 3 is 2.05 bits per heavy atom.